The average molecular weight is 301 g/mol. The molecule has 4 heteroatoms. The second-order valence-electron chi connectivity index (χ2n) is 5.81. The summed E-state index contributed by atoms with van der Waals surface area (Å²) in [7, 11) is 0. The van der Waals surface area contributed by atoms with Crippen LogP contribution >= 0.6 is 11.3 Å². The molecule has 1 aromatic heterocycles. The lowest BCUT2D eigenvalue weighted by molar-refractivity contribution is 0.172. The van der Waals surface area contributed by atoms with Crippen molar-refractivity contribution in [2.45, 2.75) is 25.8 Å². The third-order valence-corrected chi connectivity index (χ3v) is 5.18. The minimum atomic E-state index is 0.831. The Balaban J connectivity index is 1.56. The topological polar surface area (TPSA) is 42.1 Å². The van der Waals surface area contributed by atoms with E-state index in [-0.39, 0.29) is 0 Å². The highest BCUT2D eigenvalue weighted by atomic mass is 32.1. The van der Waals surface area contributed by atoms with Crippen molar-refractivity contribution in [2.75, 3.05) is 19.6 Å². The Hall–Kier alpha value is -1.23. The molecule has 2 aromatic rings. The van der Waals surface area contributed by atoms with Crippen molar-refractivity contribution in [1.29, 1.82) is 0 Å². The second-order valence-corrected chi connectivity index (χ2v) is 6.66. The molecule has 0 radical (unpaired) electrons. The monoisotopic (exact) mass is 301 g/mol. The van der Waals surface area contributed by atoms with E-state index >= 15 is 0 Å². The minimum Gasteiger partial charge on any atom is -0.330 e. The molecule has 0 spiro atoms. The molecule has 21 heavy (non-hydrogen) atoms. The maximum Gasteiger partial charge on any atom is 0.123 e. The van der Waals surface area contributed by atoms with E-state index < -0.39 is 0 Å². The molecule has 112 valence electrons. The fourth-order valence-corrected chi connectivity index (χ4v) is 3.81. The van der Waals surface area contributed by atoms with E-state index in [0.717, 1.165) is 24.0 Å². The number of thiazole rings is 1. The summed E-state index contributed by atoms with van der Waals surface area (Å²) in [6.07, 6.45) is 3.75. The molecule has 3 rings (SSSR count). The van der Waals surface area contributed by atoms with Gasteiger partial charge in [-0.15, -0.1) is 11.3 Å². The number of benzene rings is 1. The molecule has 1 saturated heterocycles. The zero-order chi connectivity index (χ0) is 14.5. The van der Waals surface area contributed by atoms with Crippen molar-refractivity contribution < 1.29 is 0 Å². The molecule has 1 aromatic carbocycles. The van der Waals surface area contributed by atoms with E-state index in [1.807, 2.05) is 6.07 Å². The van der Waals surface area contributed by atoms with E-state index in [2.05, 4.69) is 34.5 Å². The van der Waals surface area contributed by atoms with Crippen molar-refractivity contribution in [2.24, 2.45) is 11.7 Å². The van der Waals surface area contributed by atoms with Crippen LogP contribution in [0.5, 0.6) is 0 Å². The largest absolute Gasteiger partial charge is 0.330 e. The van der Waals surface area contributed by atoms with Crippen molar-refractivity contribution in [3.8, 4) is 10.6 Å². The fourth-order valence-electron chi connectivity index (χ4n) is 2.99. The number of rotatable bonds is 5. The summed E-state index contributed by atoms with van der Waals surface area (Å²) in [6.45, 7) is 4.18. The highest BCUT2D eigenvalue weighted by molar-refractivity contribution is 7.13. The Morgan fingerprint density at radius 2 is 1.95 bits per heavy atom. The fraction of sp³-hybridized carbons (Fsp3) is 0.471. The van der Waals surface area contributed by atoms with Gasteiger partial charge in [-0.05, 0) is 44.8 Å². The van der Waals surface area contributed by atoms with Crippen LogP contribution in [-0.2, 0) is 6.54 Å². The summed E-state index contributed by atoms with van der Waals surface area (Å²) in [5, 5.41) is 3.33. The first-order valence-corrected chi connectivity index (χ1v) is 8.65. The lowest BCUT2D eigenvalue weighted by Crippen LogP contribution is -2.33. The minimum absolute atomic E-state index is 0.831. The standard InChI is InChI=1S/C17H23N3S/c18-9-6-14-7-10-20(11-8-14)12-16-13-21-17(19-16)15-4-2-1-3-5-15/h1-5,13-14H,6-12,18H2. The van der Waals surface area contributed by atoms with Crippen LogP contribution < -0.4 is 5.73 Å². The van der Waals surface area contributed by atoms with Crippen molar-refractivity contribution in [1.82, 2.24) is 9.88 Å². The van der Waals surface area contributed by atoms with Crippen molar-refractivity contribution in [3.63, 3.8) is 0 Å². The Kier molecular flexibility index (Phi) is 5.01. The zero-order valence-electron chi connectivity index (χ0n) is 12.4. The van der Waals surface area contributed by atoms with Crippen LogP contribution in [0.4, 0.5) is 0 Å². The Bertz CT molecular complexity index is 544. The highest BCUT2D eigenvalue weighted by Gasteiger charge is 2.19. The summed E-state index contributed by atoms with van der Waals surface area (Å²) >= 11 is 1.75. The molecule has 1 aliphatic rings. The normalized spacial score (nSPS) is 17.2. The van der Waals surface area contributed by atoms with Crippen LogP contribution in [0.15, 0.2) is 35.7 Å². The van der Waals surface area contributed by atoms with E-state index in [4.69, 9.17) is 10.7 Å². The van der Waals surface area contributed by atoms with Gasteiger partial charge in [0.1, 0.15) is 5.01 Å². The van der Waals surface area contributed by atoms with E-state index in [1.165, 1.54) is 43.6 Å². The van der Waals surface area contributed by atoms with Gasteiger partial charge in [0.25, 0.3) is 0 Å². The number of nitrogens with zero attached hydrogens (tertiary/aromatic N) is 2. The molecule has 0 atom stereocenters. The van der Waals surface area contributed by atoms with Crippen LogP contribution in [-0.4, -0.2) is 29.5 Å². The number of hydrogen-bond acceptors (Lipinski definition) is 4. The number of piperidine rings is 1. The Morgan fingerprint density at radius 3 is 2.67 bits per heavy atom. The molecule has 0 bridgehead atoms. The van der Waals surface area contributed by atoms with Crippen LogP contribution in [0, 0.1) is 5.92 Å². The summed E-state index contributed by atoms with van der Waals surface area (Å²) in [5.41, 5.74) is 8.08. The van der Waals surface area contributed by atoms with Gasteiger partial charge in [0, 0.05) is 17.5 Å². The van der Waals surface area contributed by atoms with Crippen LogP contribution in [0.1, 0.15) is 25.0 Å². The van der Waals surface area contributed by atoms with Gasteiger partial charge in [-0.3, -0.25) is 4.90 Å². The first-order valence-electron chi connectivity index (χ1n) is 7.77. The Morgan fingerprint density at radius 1 is 1.19 bits per heavy atom. The van der Waals surface area contributed by atoms with Gasteiger partial charge in [0.15, 0.2) is 0 Å². The third-order valence-electron chi connectivity index (χ3n) is 4.24. The molecular formula is C17H23N3S. The van der Waals surface area contributed by atoms with Crippen LogP contribution in [0.3, 0.4) is 0 Å². The predicted molar refractivity (Wildman–Crippen MR) is 89.2 cm³/mol. The molecule has 2 N–H and O–H groups in total. The van der Waals surface area contributed by atoms with Crippen molar-refractivity contribution >= 4 is 11.3 Å². The molecule has 2 heterocycles. The third kappa shape index (κ3) is 3.90. The van der Waals surface area contributed by atoms with E-state index in [0.29, 0.717) is 0 Å². The van der Waals surface area contributed by atoms with Crippen molar-refractivity contribution in [3.05, 3.63) is 41.4 Å². The van der Waals surface area contributed by atoms with Gasteiger partial charge in [0.05, 0.1) is 5.69 Å². The van der Waals surface area contributed by atoms with Crippen LogP contribution in [0.2, 0.25) is 0 Å². The van der Waals surface area contributed by atoms with Gasteiger partial charge in [-0.2, -0.15) is 0 Å². The second kappa shape index (κ2) is 7.16. The number of nitrogens with two attached hydrogens (primary N) is 1. The van der Waals surface area contributed by atoms with Gasteiger partial charge in [-0.25, -0.2) is 4.98 Å². The summed E-state index contributed by atoms with van der Waals surface area (Å²) in [5.74, 6) is 0.835. The van der Waals surface area contributed by atoms with Gasteiger partial charge in [-0.1, -0.05) is 30.3 Å². The van der Waals surface area contributed by atoms with Gasteiger partial charge in [0.2, 0.25) is 0 Å². The molecule has 3 nitrogen and oxygen atoms in total. The molecular weight excluding hydrogens is 278 g/mol. The molecule has 0 unspecified atom stereocenters. The number of likely N-dealkylation sites (tertiary alicyclic amines) is 1. The molecule has 1 aliphatic heterocycles. The van der Waals surface area contributed by atoms with Gasteiger partial charge >= 0.3 is 0 Å². The number of aromatic nitrogens is 1. The Labute approximate surface area is 130 Å². The number of hydrogen-bond donors (Lipinski definition) is 1. The lowest BCUT2D eigenvalue weighted by atomic mass is 9.93. The smallest absolute Gasteiger partial charge is 0.123 e. The SMILES string of the molecule is NCCC1CCN(Cc2csc(-c3ccccc3)n2)CC1. The predicted octanol–water partition coefficient (Wildman–Crippen LogP) is 3.37. The quantitative estimate of drug-likeness (QED) is 0.920. The van der Waals surface area contributed by atoms with E-state index in [9.17, 15) is 0 Å². The molecule has 0 saturated carbocycles. The highest BCUT2D eigenvalue weighted by Crippen LogP contribution is 2.25. The van der Waals surface area contributed by atoms with Crippen LogP contribution in [0.25, 0.3) is 10.6 Å². The summed E-state index contributed by atoms with van der Waals surface area (Å²) in [4.78, 5) is 7.31. The van der Waals surface area contributed by atoms with Gasteiger partial charge < -0.3 is 5.73 Å². The maximum absolute atomic E-state index is 5.65. The summed E-state index contributed by atoms with van der Waals surface area (Å²) in [6, 6.07) is 10.4. The molecule has 0 aliphatic carbocycles. The zero-order valence-corrected chi connectivity index (χ0v) is 13.2. The molecule has 1 fully saturated rings. The average Bonchev–Trinajstić information content (AvgIpc) is 2.99. The maximum atomic E-state index is 5.65. The molecule has 0 amide bonds. The van der Waals surface area contributed by atoms with E-state index in [1.54, 1.807) is 11.3 Å². The lowest BCUT2D eigenvalue weighted by Gasteiger charge is -2.31. The first kappa shape index (κ1) is 14.7. The first-order chi connectivity index (χ1) is 10.3. The summed E-state index contributed by atoms with van der Waals surface area (Å²) < 4.78 is 0.